The number of benzene rings is 1. The third-order valence-electron chi connectivity index (χ3n) is 2.94. The standard InChI is InChI=1S/C11H13N5O/c12-14-11(9-6-13-16-15-9)8-1-2-10-7(5-8)3-4-17-10/h1-2,5-6,11,14H,3-4,12H2,(H,13,15,16). The summed E-state index contributed by atoms with van der Waals surface area (Å²) in [7, 11) is 0. The molecule has 1 aliphatic heterocycles. The molecular formula is C11H13N5O. The van der Waals surface area contributed by atoms with E-state index in [-0.39, 0.29) is 6.04 Å². The average Bonchev–Trinajstić information content (AvgIpc) is 2.99. The van der Waals surface area contributed by atoms with Gasteiger partial charge in [0.1, 0.15) is 11.4 Å². The van der Waals surface area contributed by atoms with Crippen molar-refractivity contribution in [1.82, 2.24) is 20.8 Å². The molecule has 2 heterocycles. The van der Waals surface area contributed by atoms with E-state index < -0.39 is 0 Å². The van der Waals surface area contributed by atoms with Gasteiger partial charge in [0.2, 0.25) is 0 Å². The molecule has 1 aromatic carbocycles. The minimum atomic E-state index is -0.153. The van der Waals surface area contributed by atoms with Crippen molar-refractivity contribution in [3.05, 3.63) is 41.2 Å². The lowest BCUT2D eigenvalue weighted by Crippen LogP contribution is -2.29. The van der Waals surface area contributed by atoms with Crippen molar-refractivity contribution in [3.63, 3.8) is 0 Å². The summed E-state index contributed by atoms with van der Waals surface area (Å²) < 4.78 is 5.47. The molecule has 0 saturated carbocycles. The van der Waals surface area contributed by atoms with E-state index in [1.807, 2.05) is 12.1 Å². The van der Waals surface area contributed by atoms with Crippen LogP contribution in [0, 0.1) is 0 Å². The SMILES string of the molecule is NNC(c1ccc2c(c1)CCO2)c1cn[nH]n1. The fraction of sp³-hybridized carbons (Fsp3) is 0.273. The molecule has 0 bridgehead atoms. The van der Waals surface area contributed by atoms with E-state index in [0.29, 0.717) is 0 Å². The molecule has 0 saturated heterocycles. The van der Waals surface area contributed by atoms with E-state index in [2.05, 4.69) is 26.9 Å². The van der Waals surface area contributed by atoms with Crippen molar-refractivity contribution in [2.75, 3.05) is 6.61 Å². The third-order valence-corrected chi connectivity index (χ3v) is 2.94. The van der Waals surface area contributed by atoms with E-state index in [1.54, 1.807) is 6.20 Å². The largest absolute Gasteiger partial charge is 0.493 e. The molecule has 1 atom stereocenters. The van der Waals surface area contributed by atoms with Crippen molar-refractivity contribution < 1.29 is 4.74 Å². The number of hydrogen-bond donors (Lipinski definition) is 3. The molecule has 0 amide bonds. The van der Waals surface area contributed by atoms with E-state index in [9.17, 15) is 0 Å². The number of rotatable bonds is 3. The van der Waals surface area contributed by atoms with Crippen LogP contribution in [0.3, 0.4) is 0 Å². The number of aromatic nitrogens is 3. The van der Waals surface area contributed by atoms with Crippen LogP contribution in [-0.4, -0.2) is 22.0 Å². The first kappa shape index (κ1) is 10.2. The minimum Gasteiger partial charge on any atom is -0.493 e. The van der Waals surface area contributed by atoms with Gasteiger partial charge in [0.25, 0.3) is 0 Å². The highest BCUT2D eigenvalue weighted by Crippen LogP contribution is 2.29. The summed E-state index contributed by atoms with van der Waals surface area (Å²) in [5.74, 6) is 6.54. The molecule has 6 heteroatoms. The van der Waals surface area contributed by atoms with Crippen LogP contribution in [0.25, 0.3) is 0 Å². The number of nitrogens with zero attached hydrogens (tertiary/aromatic N) is 2. The van der Waals surface area contributed by atoms with Crippen LogP contribution in [-0.2, 0) is 6.42 Å². The van der Waals surface area contributed by atoms with E-state index in [1.165, 1.54) is 5.56 Å². The fourth-order valence-corrected chi connectivity index (χ4v) is 2.09. The predicted molar refractivity (Wildman–Crippen MR) is 61.2 cm³/mol. The van der Waals surface area contributed by atoms with Gasteiger partial charge in [-0.15, -0.1) is 0 Å². The maximum atomic E-state index is 5.58. The molecule has 0 radical (unpaired) electrons. The van der Waals surface area contributed by atoms with Gasteiger partial charge in [0, 0.05) is 6.42 Å². The van der Waals surface area contributed by atoms with E-state index in [0.717, 1.165) is 30.0 Å². The summed E-state index contributed by atoms with van der Waals surface area (Å²) in [6.07, 6.45) is 2.60. The molecule has 17 heavy (non-hydrogen) atoms. The van der Waals surface area contributed by atoms with Crippen LogP contribution >= 0.6 is 0 Å². The first-order valence-electron chi connectivity index (χ1n) is 5.46. The quantitative estimate of drug-likeness (QED) is 0.522. The van der Waals surface area contributed by atoms with Crippen LogP contribution in [0.4, 0.5) is 0 Å². The number of hydrogen-bond acceptors (Lipinski definition) is 5. The van der Waals surface area contributed by atoms with Crippen molar-refractivity contribution in [2.24, 2.45) is 5.84 Å². The Morgan fingerprint density at radius 1 is 1.47 bits per heavy atom. The minimum absolute atomic E-state index is 0.153. The smallest absolute Gasteiger partial charge is 0.122 e. The molecule has 6 nitrogen and oxygen atoms in total. The monoisotopic (exact) mass is 231 g/mol. The Morgan fingerprint density at radius 2 is 2.41 bits per heavy atom. The van der Waals surface area contributed by atoms with Crippen molar-refractivity contribution >= 4 is 0 Å². The summed E-state index contributed by atoms with van der Waals surface area (Å²) in [5.41, 5.74) is 5.79. The van der Waals surface area contributed by atoms with E-state index >= 15 is 0 Å². The number of ether oxygens (including phenoxy) is 1. The highest BCUT2D eigenvalue weighted by Gasteiger charge is 2.19. The van der Waals surface area contributed by atoms with Crippen LogP contribution in [0.2, 0.25) is 0 Å². The van der Waals surface area contributed by atoms with Gasteiger partial charge >= 0.3 is 0 Å². The molecule has 88 valence electrons. The second-order valence-electron chi connectivity index (χ2n) is 3.96. The van der Waals surface area contributed by atoms with Crippen molar-refractivity contribution in [1.29, 1.82) is 0 Å². The van der Waals surface area contributed by atoms with Gasteiger partial charge < -0.3 is 4.74 Å². The van der Waals surface area contributed by atoms with Crippen molar-refractivity contribution in [3.8, 4) is 5.75 Å². The Bertz CT molecular complexity index is 511. The number of nitrogens with one attached hydrogen (secondary N) is 2. The van der Waals surface area contributed by atoms with E-state index in [4.69, 9.17) is 10.6 Å². The molecular weight excluding hydrogens is 218 g/mol. The van der Waals surface area contributed by atoms with Gasteiger partial charge in [-0.25, -0.2) is 5.43 Å². The first-order valence-corrected chi connectivity index (χ1v) is 5.46. The zero-order valence-corrected chi connectivity index (χ0v) is 9.18. The Labute approximate surface area is 98.1 Å². The number of nitrogens with two attached hydrogens (primary N) is 1. The molecule has 0 fully saturated rings. The molecule has 4 N–H and O–H groups in total. The Balaban J connectivity index is 1.97. The maximum absolute atomic E-state index is 5.58. The number of aromatic amines is 1. The topological polar surface area (TPSA) is 88.9 Å². The number of H-pyrrole nitrogens is 1. The lowest BCUT2D eigenvalue weighted by molar-refractivity contribution is 0.357. The highest BCUT2D eigenvalue weighted by molar-refractivity contribution is 5.42. The van der Waals surface area contributed by atoms with Gasteiger partial charge in [-0.3, -0.25) is 5.84 Å². The lowest BCUT2D eigenvalue weighted by Gasteiger charge is -2.14. The summed E-state index contributed by atoms with van der Waals surface area (Å²) in [6, 6.07) is 5.91. The Hall–Kier alpha value is -1.92. The third kappa shape index (κ3) is 1.77. The zero-order chi connectivity index (χ0) is 11.7. The van der Waals surface area contributed by atoms with Gasteiger partial charge in [0.05, 0.1) is 18.8 Å². The predicted octanol–water partition coefficient (Wildman–Crippen LogP) is 0.292. The molecule has 0 spiro atoms. The molecule has 1 aliphatic rings. The second-order valence-corrected chi connectivity index (χ2v) is 3.96. The highest BCUT2D eigenvalue weighted by atomic mass is 16.5. The van der Waals surface area contributed by atoms with Crippen LogP contribution in [0.15, 0.2) is 24.4 Å². The number of hydrazine groups is 1. The van der Waals surface area contributed by atoms with Gasteiger partial charge in [-0.05, 0) is 23.3 Å². The zero-order valence-electron chi connectivity index (χ0n) is 9.18. The molecule has 2 aromatic rings. The Morgan fingerprint density at radius 3 is 3.18 bits per heavy atom. The molecule has 3 rings (SSSR count). The first-order chi connectivity index (χ1) is 8.38. The average molecular weight is 231 g/mol. The molecule has 0 aliphatic carbocycles. The Kier molecular flexibility index (Phi) is 2.50. The van der Waals surface area contributed by atoms with Gasteiger partial charge in [-0.1, -0.05) is 6.07 Å². The van der Waals surface area contributed by atoms with Crippen LogP contribution < -0.4 is 16.0 Å². The van der Waals surface area contributed by atoms with Crippen LogP contribution in [0.5, 0.6) is 5.75 Å². The molecule has 1 aromatic heterocycles. The van der Waals surface area contributed by atoms with Crippen LogP contribution in [0.1, 0.15) is 22.9 Å². The second kappa shape index (κ2) is 4.15. The lowest BCUT2D eigenvalue weighted by atomic mass is 10.0. The summed E-state index contributed by atoms with van der Waals surface area (Å²) in [5, 5.41) is 10.4. The number of fused-ring (bicyclic) bond motifs is 1. The van der Waals surface area contributed by atoms with Gasteiger partial charge in [0.15, 0.2) is 0 Å². The normalized spacial score (nSPS) is 15.4. The summed E-state index contributed by atoms with van der Waals surface area (Å²) >= 11 is 0. The van der Waals surface area contributed by atoms with Crippen molar-refractivity contribution in [2.45, 2.75) is 12.5 Å². The summed E-state index contributed by atoms with van der Waals surface area (Å²) in [4.78, 5) is 0. The summed E-state index contributed by atoms with van der Waals surface area (Å²) in [6.45, 7) is 0.753. The molecule has 1 unspecified atom stereocenters. The van der Waals surface area contributed by atoms with Gasteiger partial charge in [-0.2, -0.15) is 15.4 Å². The maximum Gasteiger partial charge on any atom is 0.122 e. The fourth-order valence-electron chi connectivity index (χ4n) is 2.09.